The van der Waals surface area contributed by atoms with Gasteiger partial charge in [-0.1, -0.05) is 20.3 Å². The van der Waals surface area contributed by atoms with Crippen LogP contribution < -0.4 is 10.5 Å². The monoisotopic (exact) mass is 208 g/mol. The Bertz CT molecular complexity index is 214. The van der Waals surface area contributed by atoms with Gasteiger partial charge in [0.05, 0.1) is 5.75 Å². The summed E-state index contributed by atoms with van der Waals surface area (Å²) in [7, 11) is -3.10. The molecule has 0 heterocycles. The van der Waals surface area contributed by atoms with Crippen molar-refractivity contribution in [3.63, 3.8) is 0 Å². The lowest BCUT2D eigenvalue weighted by molar-refractivity contribution is 0.526. The van der Waals surface area contributed by atoms with Gasteiger partial charge in [-0.25, -0.2) is 13.1 Å². The zero-order valence-corrected chi connectivity index (χ0v) is 9.23. The Hall–Kier alpha value is -0.130. The zero-order chi connectivity index (χ0) is 10.3. The van der Waals surface area contributed by atoms with Gasteiger partial charge in [0.25, 0.3) is 0 Å². The molecule has 0 aromatic carbocycles. The Morgan fingerprint density at radius 3 is 2.31 bits per heavy atom. The van der Waals surface area contributed by atoms with Gasteiger partial charge in [-0.05, 0) is 12.8 Å². The van der Waals surface area contributed by atoms with Crippen molar-refractivity contribution in [1.82, 2.24) is 4.72 Å². The molecule has 1 atom stereocenters. The summed E-state index contributed by atoms with van der Waals surface area (Å²) in [6.07, 6.45) is 2.38. The van der Waals surface area contributed by atoms with Crippen LogP contribution in [0.5, 0.6) is 0 Å². The van der Waals surface area contributed by atoms with Gasteiger partial charge in [0.2, 0.25) is 10.0 Å². The summed E-state index contributed by atoms with van der Waals surface area (Å²) in [6.45, 7) is 4.23. The maximum atomic E-state index is 11.3. The molecule has 0 saturated heterocycles. The summed E-state index contributed by atoms with van der Waals surface area (Å²) in [5.74, 6) is 0.188. The molecule has 1 unspecified atom stereocenters. The molecule has 0 aromatic rings. The molecule has 0 bridgehead atoms. The van der Waals surface area contributed by atoms with Crippen molar-refractivity contribution in [2.75, 3.05) is 12.3 Å². The Kier molecular flexibility index (Phi) is 6.28. The van der Waals surface area contributed by atoms with E-state index in [0.717, 1.165) is 12.8 Å². The van der Waals surface area contributed by atoms with E-state index in [1.165, 1.54) is 0 Å². The van der Waals surface area contributed by atoms with Crippen molar-refractivity contribution in [2.24, 2.45) is 5.73 Å². The van der Waals surface area contributed by atoms with E-state index in [1.807, 2.05) is 13.8 Å². The molecule has 0 radical (unpaired) electrons. The third kappa shape index (κ3) is 6.01. The standard InChI is InChI=1S/C8H20N2O2S/c1-3-5-8(7-9)10-13(11,12)6-4-2/h8,10H,3-7,9H2,1-2H3. The fourth-order valence-electron chi connectivity index (χ4n) is 1.15. The summed E-state index contributed by atoms with van der Waals surface area (Å²) in [6, 6.07) is -0.0958. The van der Waals surface area contributed by atoms with E-state index in [-0.39, 0.29) is 11.8 Å². The molecular formula is C8H20N2O2S. The Morgan fingerprint density at radius 1 is 1.31 bits per heavy atom. The third-order valence-electron chi connectivity index (χ3n) is 1.74. The van der Waals surface area contributed by atoms with Gasteiger partial charge < -0.3 is 5.73 Å². The fourth-order valence-corrected chi connectivity index (χ4v) is 2.53. The van der Waals surface area contributed by atoms with E-state index in [9.17, 15) is 8.42 Å². The van der Waals surface area contributed by atoms with E-state index in [0.29, 0.717) is 13.0 Å². The van der Waals surface area contributed by atoms with Gasteiger partial charge >= 0.3 is 0 Å². The van der Waals surface area contributed by atoms with Crippen molar-refractivity contribution in [3.05, 3.63) is 0 Å². The van der Waals surface area contributed by atoms with Gasteiger partial charge in [0, 0.05) is 12.6 Å². The number of nitrogens with two attached hydrogens (primary N) is 1. The van der Waals surface area contributed by atoms with Crippen LogP contribution in [0.3, 0.4) is 0 Å². The minimum Gasteiger partial charge on any atom is -0.329 e. The van der Waals surface area contributed by atoms with E-state index in [2.05, 4.69) is 4.72 Å². The second kappa shape index (κ2) is 6.34. The Balaban J connectivity index is 4.06. The number of sulfonamides is 1. The molecule has 0 saturated carbocycles. The van der Waals surface area contributed by atoms with Crippen LogP contribution >= 0.6 is 0 Å². The molecule has 0 rings (SSSR count). The van der Waals surface area contributed by atoms with Gasteiger partial charge in [0.15, 0.2) is 0 Å². The van der Waals surface area contributed by atoms with Gasteiger partial charge in [-0.15, -0.1) is 0 Å². The highest BCUT2D eigenvalue weighted by Crippen LogP contribution is 1.98. The second-order valence-corrected chi connectivity index (χ2v) is 5.03. The topological polar surface area (TPSA) is 72.2 Å². The first-order valence-corrected chi connectivity index (χ1v) is 6.41. The molecule has 0 spiro atoms. The first-order valence-electron chi connectivity index (χ1n) is 4.75. The van der Waals surface area contributed by atoms with Crippen molar-refractivity contribution >= 4 is 10.0 Å². The van der Waals surface area contributed by atoms with E-state index in [1.54, 1.807) is 0 Å². The van der Waals surface area contributed by atoms with Crippen molar-refractivity contribution in [3.8, 4) is 0 Å². The van der Waals surface area contributed by atoms with Gasteiger partial charge in [0.1, 0.15) is 0 Å². The molecule has 13 heavy (non-hydrogen) atoms. The maximum absolute atomic E-state index is 11.3. The molecule has 0 aliphatic heterocycles. The van der Waals surface area contributed by atoms with Crippen LogP contribution in [0.2, 0.25) is 0 Å². The van der Waals surface area contributed by atoms with Crippen LogP contribution in [0.1, 0.15) is 33.1 Å². The highest BCUT2D eigenvalue weighted by molar-refractivity contribution is 7.89. The minimum atomic E-state index is -3.10. The normalized spacial score (nSPS) is 14.4. The van der Waals surface area contributed by atoms with Crippen LogP contribution in [0.15, 0.2) is 0 Å². The largest absolute Gasteiger partial charge is 0.329 e. The SMILES string of the molecule is CCCC(CN)NS(=O)(=O)CCC. The fraction of sp³-hybridized carbons (Fsp3) is 1.00. The highest BCUT2D eigenvalue weighted by atomic mass is 32.2. The molecule has 0 aliphatic rings. The second-order valence-electron chi connectivity index (χ2n) is 3.16. The van der Waals surface area contributed by atoms with Crippen LogP contribution in [-0.4, -0.2) is 26.8 Å². The number of hydrogen-bond donors (Lipinski definition) is 2. The highest BCUT2D eigenvalue weighted by Gasteiger charge is 2.14. The summed E-state index contributed by atoms with van der Waals surface area (Å²) in [5, 5.41) is 0. The van der Waals surface area contributed by atoms with Gasteiger partial charge in [-0.3, -0.25) is 0 Å². The molecule has 5 heteroatoms. The van der Waals surface area contributed by atoms with Crippen LogP contribution in [0.4, 0.5) is 0 Å². The first kappa shape index (κ1) is 12.9. The summed E-state index contributed by atoms with van der Waals surface area (Å²) < 4.78 is 25.2. The molecule has 0 aromatic heterocycles. The van der Waals surface area contributed by atoms with Crippen molar-refractivity contribution in [2.45, 2.75) is 39.2 Å². The van der Waals surface area contributed by atoms with Crippen LogP contribution in [-0.2, 0) is 10.0 Å². The van der Waals surface area contributed by atoms with Crippen LogP contribution in [0.25, 0.3) is 0 Å². The van der Waals surface area contributed by atoms with Crippen molar-refractivity contribution in [1.29, 1.82) is 0 Å². The van der Waals surface area contributed by atoms with Crippen molar-refractivity contribution < 1.29 is 8.42 Å². The number of hydrogen-bond acceptors (Lipinski definition) is 3. The molecule has 0 aliphatic carbocycles. The Labute approximate surface area is 80.9 Å². The molecule has 4 nitrogen and oxygen atoms in total. The Morgan fingerprint density at radius 2 is 1.92 bits per heavy atom. The lowest BCUT2D eigenvalue weighted by Crippen LogP contribution is -2.41. The maximum Gasteiger partial charge on any atom is 0.211 e. The predicted molar refractivity (Wildman–Crippen MR) is 55.0 cm³/mol. The summed E-state index contributed by atoms with van der Waals surface area (Å²) in [5.41, 5.74) is 5.44. The van der Waals surface area contributed by atoms with E-state index >= 15 is 0 Å². The van der Waals surface area contributed by atoms with Crippen LogP contribution in [0, 0.1) is 0 Å². The van der Waals surface area contributed by atoms with E-state index in [4.69, 9.17) is 5.73 Å². The summed E-state index contributed by atoms with van der Waals surface area (Å²) in [4.78, 5) is 0. The third-order valence-corrected chi connectivity index (χ3v) is 3.38. The number of nitrogens with one attached hydrogen (secondary N) is 1. The quantitative estimate of drug-likeness (QED) is 0.638. The van der Waals surface area contributed by atoms with Gasteiger partial charge in [-0.2, -0.15) is 0 Å². The number of rotatable bonds is 7. The average Bonchev–Trinajstić information content (AvgIpc) is 2.03. The zero-order valence-electron chi connectivity index (χ0n) is 8.41. The van der Waals surface area contributed by atoms with E-state index < -0.39 is 10.0 Å². The summed E-state index contributed by atoms with van der Waals surface area (Å²) >= 11 is 0. The predicted octanol–water partition coefficient (Wildman–Crippen LogP) is 0.443. The minimum absolute atomic E-state index is 0.0958. The lowest BCUT2D eigenvalue weighted by atomic mass is 10.2. The molecule has 0 amide bonds. The molecule has 80 valence electrons. The average molecular weight is 208 g/mol. The lowest BCUT2D eigenvalue weighted by Gasteiger charge is -2.15. The molecule has 3 N–H and O–H groups in total. The first-order chi connectivity index (χ1) is 6.05. The molecule has 0 fully saturated rings. The molecular weight excluding hydrogens is 188 g/mol. The smallest absolute Gasteiger partial charge is 0.211 e.